The molecule has 8 heteroatoms. The van der Waals surface area contributed by atoms with Crippen molar-refractivity contribution in [1.29, 1.82) is 0 Å². The van der Waals surface area contributed by atoms with Gasteiger partial charge in [0.05, 0.1) is 17.8 Å². The van der Waals surface area contributed by atoms with Crippen LogP contribution in [0.4, 0.5) is 13.2 Å². The van der Waals surface area contributed by atoms with E-state index < -0.39 is 11.7 Å². The summed E-state index contributed by atoms with van der Waals surface area (Å²) in [5, 5.41) is 11.7. The number of benzene rings is 1. The Kier molecular flexibility index (Phi) is 5.08. The van der Waals surface area contributed by atoms with Crippen molar-refractivity contribution in [1.82, 2.24) is 25.1 Å². The highest BCUT2D eigenvalue weighted by atomic mass is 19.4. The molecular formula is C17H22F3N5. The standard InChI is InChI=1S/C17H22F3N5/c1-12(2)9-10-24(14-7-8-14)11-16-21-22-23-25(16)15-5-3-13(4-6-15)17(18,19)20/h3-6,12,14H,7-11H2,1-2H3. The molecule has 0 atom stereocenters. The first kappa shape index (κ1) is 17.8. The van der Waals surface area contributed by atoms with E-state index in [9.17, 15) is 13.2 Å². The van der Waals surface area contributed by atoms with Gasteiger partial charge in [-0.25, -0.2) is 0 Å². The van der Waals surface area contributed by atoms with Crippen molar-refractivity contribution in [2.75, 3.05) is 6.54 Å². The number of alkyl halides is 3. The van der Waals surface area contributed by atoms with Crippen molar-refractivity contribution in [3.8, 4) is 5.69 Å². The average Bonchev–Trinajstić information content (AvgIpc) is 3.29. The molecule has 0 amide bonds. The Morgan fingerprint density at radius 2 is 1.88 bits per heavy atom. The summed E-state index contributed by atoms with van der Waals surface area (Å²) in [6, 6.07) is 5.48. The van der Waals surface area contributed by atoms with Gasteiger partial charge in [0.2, 0.25) is 0 Å². The van der Waals surface area contributed by atoms with Crippen molar-refractivity contribution in [3.63, 3.8) is 0 Å². The molecule has 136 valence electrons. The molecule has 0 spiro atoms. The van der Waals surface area contributed by atoms with Gasteiger partial charge >= 0.3 is 6.18 Å². The third-order valence-corrected chi connectivity index (χ3v) is 4.37. The molecule has 2 aromatic rings. The third-order valence-electron chi connectivity index (χ3n) is 4.37. The molecule has 3 rings (SSSR count). The lowest BCUT2D eigenvalue weighted by molar-refractivity contribution is -0.137. The fraction of sp³-hybridized carbons (Fsp3) is 0.588. The molecule has 0 N–H and O–H groups in total. The van der Waals surface area contributed by atoms with Gasteiger partial charge in [-0.1, -0.05) is 13.8 Å². The van der Waals surface area contributed by atoms with Crippen molar-refractivity contribution >= 4 is 0 Å². The molecule has 1 aromatic carbocycles. The normalized spacial score (nSPS) is 15.3. The number of nitrogens with zero attached hydrogens (tertiary/aromatic N) is 5. The van der Waals surface area contributed by atoms with Gasteiger partial charge in [-0.3, -0.25) is 4.90 Å². The lowest BCUT2D eigenvalue weighted by Crippen LogP contribution is -2.29. The summed E-state index contributed by atoms with van der Waals surface area (Å²) in [6.07, 6.45) is -0.889. The molecule has 1 fully saturated rings. The SMILES string of the molecule is CC(C)CCN(Cc1nnnn1-c1ccc(C(F)(F)F)cc1)C1CC1. The molecule has 1 heterocycles. The van der Waals surface area contributed by atoms with E-state index in [1.54, 1.807) is 0 Å². The first-order valence-corrected chi connectivity index (χ1v) is 8.53. The van der Waals surface area contributed by atoms with Crippen molar-refractivity contribution in [2.45, 2.75) is 51.9 Å². The molecule has 0 aliphatic heterocycles. The summed E-state index contributed by atoms with van der Waals surface area (Å²) in [6.45, 7) is 5.96. The van der Waals surface area contributed by atoms with Crippen LogP contribution in [0, 0.1) is 5.92 Å². The highest BCUT2D eigenvalue weighted by Gasteiger charge is 2.31. The number of halogens is 3. The first-order valence-electron chi connectivity index (χ1n) is 8.53. The van der Waals surface area contributed by atoms with Crippen molar-refractivity contribution in [3.05, 3.63) is 35.7 Å². The lowest BCUT2D eigenvalue weighted by Gasteiger charge is -2.22. The van der Waals surface area contributed by atoms with Gasteiger partial charge in [-0.05, 0) is 66.4 Å². The van der Waals surface area contributed by atoms with Crippen LogP contribution in [0.1, 0.15) is 44.5 Å². The monoisotopic (exact) mass is 353 g/mol. The molecular weight excluding hydrogens is 331 g/mol. The Hall–Kier alpha value is -1.96. The summed E-state index contributed by atoms with van der Waals surface area (Å²) in [4.78, 5) is 2.37. The topological polar surface area (TPSA) is 46.8 Å². The molecule has 5 nitrogen and oxygen atoms in total. The highest BCUT2D eigenvalue weighted by Crippen LogP contribution is 2.30. The minimum Gasteiger partial charge on any atom is -0.293 e. The number of hydrogen-bond donors (Lipinski definition) is 0. The van der Waals surface area contributed by atoms with Gasteiger partial charge in [0.25, 0.3) is 0 Å². The smallest absolute Gasteiger partial charge is 0.293 e. The van der Waals surface area contributed by atoms with E-state index in [0.717, 1.165) is 25.1 Å². The third kappa shape index (κ3) is 4.56. The van der Waals surface area contributed by atoms with Gasteiger partial charge in [0.1, 0.15) is 0 Å². The van der Waals surface area contributed by atoms with E-state index in [1.807, 2.05) is 0 Å². The van der Waals surface area contributed by atoms with E-state index in [4.69, 9.17) is 0 Å². The van der Waals surface area contributed by atoms with Gasteiger partial charge in [0.15, 0.2) is 5.82 Å². The summed E-state index contributed by atoms with van der Waals surface area (Å²) < 4.78 is 39.6. The van der Waals surface area contributed by atoms with E-state index in [2.05, 4.69) is 34.3 Å². The molecule has 1 aromatic heterocycles. The largest absolute Gasteiger partial charge is 0.416 e. The summed E-state index contributed by atoms with van der Waals surface area (Å²) in [7, 11) is 0. The Labute approximate surface area is 144 Å². The van der Waals surface area contributed by atoms with Crippen LogP contribution in [0.5, 0.6) is 0 Å². The van der Waals surface area contributed by atoms with E-state index in [-0.39, 0.29) is 0 Å². The van der Waals surface area contributed by atoms with Gasteiger partial charge < -0.3 is 0 Å². The van der Waals surface area contributed by atoms with Crippen LogP contribution in [-0.2, 0) is 12.7 Å². The van der Waals surface area contributed by atoms with Crippen LogP contribution in [0.15, 0.2) is 24.3 Å². The maximum absolute atomic E-state index is 12.7. The zero-order valence-electron chi connectivity index (χ0n) is 14.4. The van der Waals surface area contributed by atoms with Crippen LogP contribution in [0.3, 0.4) is 0 Å². The minimum absolute atomic E-state index is 0.535. The van der Waals surface area contributed by atoms with E-state index in [1.165, 1.54) is 29.7 Å². The second-order valence-corrected chi connectivity index (χ2v) is 6.94. The fourth-order valence-electron chi connectivity index (χ4n) is 2.73. The zero-order valence-corrected chi connectivity index (χ0v) is 14.4. The zero-order chi connectivity index (χ0) is 18.0. The molecule has 0 unspecified atom stereocenters. The quantitative estimate of drug-likeness (QED) is 0.762. The molecule has 1 aliphatic carbocycles. The van der Waals surface area contributed by atoms with Crippen molar-refractivity contribution in [2.24, 2.45) is 5.92 Å². The molecule has 0 bridgehead atoms. The second kappa shape index (κ2) is 7.11. The Balaban J connectivity index is 1.75. The van der Waals surface area contributed by atoms with Crippen LogP contribution in [0.2, 0.25) is 0 Å². The fourth-order valence-corrected chi connectivity index (χ4v) is 2.73. The lowest BCUT2D eigenvalue weighted by atomic mass is 10.1. The maximum atomic E-state index is 12.7. The maximum Gasteiger partial charge on any atom is 0.416 e. The molecule has 1 saturated carbocycles. The molecule has 1 aliphatic rings. The van der Waals surface area contributed by atoms with E-state index >= 15 is 0 Å². The Morgan fingerprint density at radius 1 is 1.20 bits per heavy atom. The average molecular weight is 353 g/mol. The molecule has 25 heavy (non-hydrogen) atoms. The predicted octanol–water partition coefficient (Wildman–Crippen LogP) is 3.69. The molecule has 0 saturated heterocycles. The molecule has 0 radical (unpaired) electrons. The van der Waals surface area contributed by atoms with Crippen LogP contribution in [0.25, 0.3) is 5.69 Å². The summed E-state index contributed by atoms with van der Waals surface area (Å²) in [5.74, 6) is 1.27. The summed E-state index contributed by atoms with van der Waals surface area (Å²) >= 11 is 0. The second-order valence-electron chi connectivity index (χ2n) is 6.94. The predicted molar refractivity (Wildman–Crippen MR) is 87.0 cm³/mol. The van der Waals surface area contributed by atoms with Gasteiger partial charge in [0, 0.05) is 6.04 Å². The number of rotatable bonds is 7. The first-order chi connectivity index (χ1) is 11.8. The van der Waals surface area contributed by atoms with Crippen LogP contribution >= 0.6 is 0 Å². The summed E-state index contributed by atoms with van der Waals surface area (Å²) in [5.41, 5.74) is -0.143. The highest BCUT2D eigenvalue weighted by molar-refractivity contribution is 5.35. The number of aromatic nitrogens is 4. The number of hydrogen-bond acceptors (Lipinski definition) is 4. The van der Waals surface area contributed by atoms with Crippen LogP contribution < -0.4 is 0 Å². The van der Waals surface area contributed by atoms with Crippen LogP contribution in [-0.4, -0.2) is 37.7 Å². The van der Waals surface area contributed by atoms with Gasteiger partial charge in [-0.15, -0.1) is 5.10 Å². The Bertz CT molecular complexity index is 689. The van der Waals surface area contributed by atoms with Crippen molar-refractivity contribution < 1.29 is 13.2 Å². The minimum atomic E-state index is -4.35. The van der Waals surface area contributed by atoms with Gasteiger partial charge in [-0.2, -0.15) is 17.9 Å². The van der Waals surface area contributed by atoms with E-state index in [0.29, 0.717) is 30.0 Å². The Morgan fingerprint density at radius 3 is 2.44 bits per heavy atom. The number of tetrazole rings is 1.